The maximum Gasteiger partial charge on any atom is 0.326 e. The molecule has 1 N–H and O–H groups in total. The zero-order valence-electron chi connectivity index (χ0n) is 13.1. The van der Waals surface area contributed by atoms with E-state index in [1.165, 1.54) is 4.90 Å². The molecule has 2 heterocycles. The summed E-state index contributed by atoms with van der Waals surface area (Å²) in [7, 11) is 0. The van der Waals surface area contributed by atoms with Crippen LogP contribution >= 0.6 is 0 Å². The number of aromatic nitrogens is 1. The van der Waals surface area contributed by atoms with Gasteiger partial charge in [-0.15, -0.1) is 0 Å². The van der Waals surface area contributed by atoms with Gasteiger partial charge in [-0.2, -0.15) is 0 Å². The molecule has 0 spiro atoms. The lowest BCUT2D eigenvalue weighted by molar-refractivity contribution is -0.141. The molecule has 2 aromatic rings. The first-order valence-corrected chi connectivity index (χ1v) is 7.80. The van der Waals surface area contributed by atoms with E-state index in [1.54, 1.807) is 36.7 Å². The summed E-state index contributed by atoms with van der Waals surface area (Å²) in [4.78, 5) is 29.3. The van der Waals surface area contributed by atoms with E-state index in [9.17, 15) is 14.7 Å². The van der Waals surface area contributed by atoms with Gasteiger partial charge in [0.25, 0.3) is 5.91 Å². The van der Waals surface area contributed by atoms with Crippen LogP contribution in [0.25, 0.3) is 0 Å². The molecule has 3 rings (SSSR count). The number of hydrogen-bond acceptors (Lipinski definition) is 4. The lowest BCUT2D eigenvalue weighted by Crippen LogP contribution is -2.40. The molecule has 0 unspecified atom stereocenters. The van der Waals surface area contributed by atoms with Crippen molar-refractivity contribution in [2.45, 2.75) is 25.5 Å². The summed E-state index contributed by atoms with van der Waals surface area (Å²) in [5.41, 5.74) is 1.37. The number of aliphatic carboxylic acids is 1. The number of carboxylic acid groups (broad SMARTS) is 1. The minimum Gasteiger partial charge on any atom is -0.489 e. The molecule has 1 aromatic carbocycles. The Hall–Kier alpha value is -2.89. The molecule has 1 atom stereocenters. The summed E-state index contributed by atoms with van der Waals surface area (Å²) >= 11 is 0. The number of nitrogens with zero attached hydrogens (tertiary/aromatic N) is 2. The van der Waals surface area contributed by atoms with Crippen molar-refractivity contribution in [1.82, 2.24) is 9.88 Å². The van der Waals surface area contributed by atoms with Crippen LogP contribution in [0.2, 0.25) is 0 Å². The zero-order chi connectivity index (χ0) is 16.9. The largest absolute Gasteiger partial charge is 0.489 e. The highest BCUT2D eigenvalue weighted by Crippen LogP contribution is 2.22. The second-order valence-corrected chi connectivity index (χ2v) is 5.67. The molecule has 1 amide bonds. The maximum absolute atomic E-state index is 12.6. The van der Waals surface area contributed by atoms with Crippen molar-refractivity contribution in [2.75, 3.05) is 6.54 Å². The number of likely N-dealkylation sites (tertiary alicyclic amines) is 1. The van der Waals surface area contributed by atoms with Crippen LogP contribution in [-0.2, 0) is 11.4 Å². The number of ether oxygens (including phenoxy) is 1. The molecule has 1 aromatic heterocycles. The number of pyridine rings is 1. The molecule has 6 heteroatoms. The van der Waals surface area contributed by atoms with Crippen LogP contribution in [0.15, 0.2) is 48.8 Å². The fraction of sp³-hybridized carbons (Fsp3) is 0.278. The number of rotatable bonds is 5. The minimum atomic E-state index is -0.954. The first-order chi connectivity index (χ1) is 11.6. The predicted molar refractivity (Wildman–Crippen MR) is 86.7 cm³/mol. The van der Waals surface area contributed by atoms with Gasteiger partial charge in [0.1, 0.15) is 18.4 Å². The number of hydrogen-bond donors (Lipinski definition) is 1. The normalized spacial score (nSPS) is 16.8. The molecule has 6 nitrogen and oxygen atoms in total. The van der Waals surface area contributed by atoms with E-state index in [-0.39, 0.29) is 5.91 Å². The number of amides is 1. The van der Waals surface area contributed by atoms with Crippen LogP contribution in [-0.4, -0.2) is 39.5 Å². The maximum atomic E-state index is 12.6. The SMILES string of the molecule is O=C(O)[C@@H]1CCCN1C(=O)c1cccc(OCc2cccnc2)c1. The second kappa shape index (κ2) is 7.12. The summed E-state index contributed by atoms with van der Waals surface area (Å²) in [6.45, 7) is 0.823. The molecule has 124 valence electrons. The van der Waals surface area contributed by atoms with Crippen LogP contribution in [0.5, 0.6) is 5.75 Å². The van der Waals surface area contributed by atoms with Gasteiger partial charge in [0.15, 0.2) is 0 Å². The summed E-state index contributed by atoms with van der Waals surface area (Å²) in [5, 5.41) is 9.22. The van der Waals surface area contributed by atoms with Crippen molar-refractivity contribution in [2.24, 2.45) is 0 Å². The van der Waals surface area contributed by atoms with Crippen molar-refractivity contribution >= 4 is 11.9 Å². The summed E-state index contributed by atoms with van der Waals surface area (Å²) < 4.78 is 5.69. The Labute approximate surface area is 139 Å². The first kappa shape index (κ1) is 16.0. The van der Waals surface area contributed by atoms with Crippen LogP contribution in [0.3, 0.4) is 0 Å². The van der Waals surface area contributed by atoms with Gasteiger partial charge in [-0.1, -0.05) is 12.1 Å². The fourth-order valence-electron chi connectivity index (χ4n) is 2.80. The van der Waals surface area contributed by atoms with E-state index in [0.29, 0.717) is 37.3 Å². The monoisotopic (exact) mass is 326 g/mol. The van der Waals surface area contributed by atoms with Gasteiger partial charge < -0.3 is 14.7 Å². The third kappa shape index (κ3) is 3.53. The highest BCUT2D eigenvalue weighted by Gasteiger charge is 2.34. The Morgan fingerprint density at radius 1 is 1.29 bits per heavy atom. The highest BCUT2D eigenvalue weighted by molar-refractivity contribution is 5.97. The zero-order valence-corrected chi connectivity index (χ0v) is 13.1. The van der Waals surface area contributed by atoms with Crippen molar-refractivity contribution in [3.63, 3.8) is 0 Å². The van der Waals surface area contributed by atoms with Crippen LogP contribution in [0, 0.1) is 0 Å². The average molecular weight is 326 g/mol. The van der Waals surface area contributed by atoms with Crippen LogP contribution in [0.4, 0.5) is 0 Å². The van der Waals surface area contributed by atoms with Crippen molar-refractivity contribution < 1.29 is 19.4 Å². The van der Waals surface area contributed by atoms with Crippen LogP contribution < -0.4 is 4.74 Å². The molecule has 1 saturated heterocycles. The summed E-state index contributed by atoms with van der Waals surface area (Å²) in [6, 6.07) is 9.83. The van der Waals surface area contributed by atoms with Gasteiger partial charge >= 0.3 is 5.97 Å². The molecular weight excluding hydrogens is 308 g/mol. The van der Waals surface area contributed by atoms with Gasteiger partial charge in [-0.05, 0) is 37.1 Å². The average Bonchev–Trinajstić information content (AvgIpc) is 3.10. The van der Waals surface area contributed by atoms with Crippen LogP contribution in [0.1, 0.15) is 28.8 Å². The third-order valence-corrected chi connectivity index (χ3v) is 4.01. The lowest BCUT2D eigenvalue weighted by atomic mass is 10.1. The fourth-order valence-corrected chi connectivity index (χ4v) is 2.80. The topological polar surface area (TPSA) is 79.7 Å². The molecule has 0 saturated carbocycles. The van der Waals surface area contributed by atoms with E-state index in [2.05, 4.69) is 4.98 Å². The molecule has 1 fully saturated rings. The summed E-state index contributed by atoms with van der Waals surface area (Å²) in [6.07, 6.45) is 4.62. The van der Waals surface area contributed by atoms with Gasteiger partial charge in [0.2, 0.25) is 0 Å². The smallest absolute Gasteiger partial charge is 0.326 e. The Kier molecular flexibility index (Phi) is 4.74. The third-order valence-electron chi connectivity index (χ3n) is 4.01. The van der Waals surface area contributed by atoms with E-state index in [0.717, 1.165) is 5.56 Å². The molecule has 0 aliphatic carbocycles. The lowest BCUT2D eigenvalue weighted by Gasteiger charge is -2.21. The Bertz CT molecular complexity index is 733. The van der Waals surface area contributed by atoms with Gasteiger partial charge in [0, 0.05) is 30.1 Å². The standard InChI is InChI=1S/C18H18N2O4/c21-17(20-9-3-7-16(20)18(22)23)14-5-1-6-15(10-14)24-12-13-4-2-8-19-11-13/h1-2,4-6,8,10-11,16H,3,7,9,12H2,(H,22,23)/t16-/m0/s1. The van der Waals surface area contributed by atoms with Gasteiger partial charge in [0.05, 0.1) is 0 Å². The molecule has 1 aliphatic heterocycles. The molecule has 24 heavy (non-hydrogen) atoms. The second-order valence-electron chi connectivity index (χ2n) is 5.67. The number of benzene rings is 1. The van der Waals surface area contributed by atoms with Gasteiger partial charge in [-0.3, -0.25) is 9.78 Å². The minimum absolute atomic E-state index is 0.272. The first-order valence-electron chi connectivity index (χ1n) is 7.80. The van der Waals surface area contributed by atoms with Crippen molar-refractivity contribution in [3.8, 4) is 5.75 Å². The predicted octanol–water partition coefficient (Wildman–Crippen LogP) is 2.35. The van der Waals surface area contributed by atoms with E-state index < -0.39 is 12.0 Å². The van der Waals surface area contributed by atoms with Crippen molar-refractivity contribution in [1.29, 1.82) is 0 Å². The highest BCUT2D eigenvalue weighted by atomic mass is 16.5. The number of carboxylic acids is 1. The molecular formula is C18H18N2O4. The quantitative estimate of drug-likeness (QED) is 0.912. The van der Waals surface area contributed by atoms with Crippen molar-refractivity contribution in [3.05, 3.63) is 59.9 Å². The van der Waals surface area contributed by atoms with E-state index in [1.807, 2.05) is 12.1 Å². The van der Waals surface area contributed by atoms with E-state index >= 15 is 0 Å². The number of carbonyl (C=O) groups excluding carboxylic acids is 1. The molecule has 0 radical (unpaired) electrons. The Balaban J connectivity index is 1.70. The molecule has 1 aliphatic rings. The van der Waals surface area contributed by atoms with E-state index in [4.69, 9.17) is 4.74 Å². The summed E-state index contributed by atoms with van der Waals surface area (Å²) in [5.74, 6) is -0.660. The Morgan fingerprint density at radius 3 is 2.92 bits per heavy atom. The number of carbonyl (C=O) groups is 2. The van der Waals surface area contributed by atoms with Gasteiger partial charge in [-0.25, -0.2) is 4.79 Å². The molecule has 0 bridgehead atoms. The Morgan fingerprint density at radius 2 is 2.17 bits per heavy atom.